The normalized spacial score (nSPS) is 17.3. The van der Waals surface area contributed by atoms with Crippen molar-refractivity contribution in [1.82, 2.24) is 25.1 Å². The lowest BCUT2D eigenvalue weighted by Crippen LogP contribution is -2.45. The molecule has 3 heterocycles. The molecule has 9 nitrogen and oxygen atoms in total. The minimum Gasteiger partial charge on any atom is -0.478 e. The molecule has 1 aliphatic rings. The van der Waals surface area contributed by atoms with Crippen LogP contribution in [-0.4, -0.2) is 57.5 Å². The second kappa shape index (κ2) is 8.43. The maximum Gasteiger partial charge on any atom is 0.322 e. The van der Waals surface area contributed by atoms with Gasteiger partial charge in [0.1, 0.15) is 18.2 Å². The number of hydrogen-bond acceptors (Lipinski definition) is 6. The topological polar surface area (TPSA) is 105 Å². The monoisotopic (exact) mass is 346 g/mol. The SMILES string of the molecule is CCCCOc1ccc(NC(=O)N2CCOC[C@H]2c2ncn[nH]2)cn1. The Kier molecular flexibility index (Phi) is 5.78. The molecule has 1 atom stereocenters. The Hall–Kier alpha value is -2.68. The van der Waals surface area contributed by atoms with Crippen molar-refractivity contribution in [1.29, 1.82) is 0 Å². The highest BCUT2D eigenvalue weighted by Crippen LogP contribution is 2.22. The van der Waals surface area contributed by atoms with Crippen molar-refractivity contribution in [2.45, 2.75) is 25.8 Å². The number of ether oxygens (including phenoxy) is 2. The van der Waals surface area contributed by atoms with E-state index in [0.717, 1.165) is 12.8 Å². The lowest BCUT2D eigenvalue weighted by atomic mass is 10.2. The van der Waals surface area contributed by atoms with Crippen LogP contribution < -0.4 is 10.1 Å². The summed E-state index contributed by atoms with van der Waals surface area (Å²) >= 11 is 0. The highest BCUT2D eigenvalue weighted by molar-refractivity contribution is 5.89. The van der Waals surface area contributed by atoms with Gasteiger partial charge in [0.25, 0.3) is 0 Å². The number of pyridine rings is 1. The van der Waals surface area contributed by atoms with E-state index in [2.05, 4.69) is 32.4 Å². The van der Waals surface area contributed by atoms with Crippen molar-refractivity contribution >= 4 is 11.7 Å². The highest BCUT2D eigenvalue weighted by atomic mass is 16.5. The summed E-state index contributed by atoms with van der Waals surface area (Å²) in [6, 6.07) is 3.00. The predicted octanol–water partition coefficient (Wildman–Crippen LogP) is 1.98. The zero-order valence-electron chi connectivity index (χ0n) is 14.1. The number of nitrogens with zero attached hydrogens (tertiary/aromatic N) is 4. The van der Waals surface area contributed by atoms with E-state index in [1.807, 2.05) is 0 Å². The van der Waals surface area contributed by atoms with Crippen molar-refractivity contribution in [3.8, 4) is 5.88 Å². The van der Waals surface area contributed by atoms with Crippen molar-refractivity contribution in [2.24, 2.45) is 0 Å². The molecule has 1 saturated heterocycles. The first-order valence-corrected chi connectivity index (χ1v) is 8.37. The van der Waals surface area contributed by atoms with Crippen molar-refractivity contribution < 1.29 is 14.3 Å². The quantitative estimate of drug-likeness (QED) is 0.775. The fourth-order valence-corrected chi connectivity index (χ4v) is 2.50. The van der Waals surface area contributed by atoms with Crippen LogP contribution in [0.5, 0.6) is 5.88 Å². The van der Waals surface area contributed by atoms with Crippen LogP contribution in [-0.2, 0) is 4.74 Å². The van der Waals surface area contributed by atoms with Gasteiger partial charge in [-0.25, -0.2) is 14.8 Å². The Bertz CT molecular complexity index is 661. The first-order valence-electron chi connectivity index (χ1n) is 8.37. The first kappa shape index (κ1) is 17.2. The molecule has 1 fully saturated rings. The summed E-state index contributed by atoms with van der Waals surface area (Å²) in [5.74, 6) is 1.16. The van der Waals surface area contributed by atoms with Gasteiger partial charge in [0, 0.05) is 12.6 Å². The fourth-order valence-electron chi connectivity index (χ4n) is 2.50. The number of carbonyl (C=O) groups is 1. The summed E-state index contributed by atoms with van der Waals surface area (Å²) in [4.78, 5) is 22.6. The van der Waals surface area contributed by atoms with Gasteiger partial charge in [0.15, 0.2) is 0 Å². The molecule has 3 rings (SSSR count). The Morgan fingerprint density at radius 1 is 1.48 bits per heavy atom. The van der Waals surface area contributed by atoms with Crippen LogP contribution in [0.25, 0.3) is 0 Å². The van der Waals surface area contributed by atoms with E-state index in [-0.39, 0.29) is 12.1 Å². The molecule has 1 aliphatic heterocycles. The summed E-state index contributed by atoms with van der Waals surface area (Å²) in [6.45, 7) is 4.09. The molecular formula is C16H22N6O3. The van der Waals surface area contributed by atoms with Gasteiger partial charge in [-0.1, -0.05) is 13.3 Å². The number of anilines is 1. The number of urea groups is 1. The molecule has 9 heteroatoms. The van der Waals surface area contributed by atoms with Gasteiger partial charge in [0.05, 0.1) is 31.7 Å². The summed E-state index contributed by atoms with van der Waals surface area (Å²) in [7, 11) is 0. The molecule has 0 bridgehead atoms. The van der Waals surface area contributed by atoms with Crippen molar-refractivity contribution in [3.05, 3.63) is 30.5 Å². The second-order valence-electron chi connectivity index (χ2n) is 5.67. The molecule has 134 valence electrons. The maximum atomic E-state index is 12.6. The first-order chi connectivity index (χ1) is 12.3. The zero-order chi connectivity index (χ0) is 17.5. The number of aromatic nitrogens is 4. The molecule has 0 unspecified atom stereocenters. The van der Waals surface area contributed by atoms with E-state index in [1.54, 1.807) is 23.2 Å². The van der Waals surface area contributed by atoms with Crippen LogP contribution >= 0.6 is 0 Å². The van der Waals surface area contributed by atoms with Crippen LogP contribution in [0.15, 0.2) is 24.7 Å². The Morgan fingerprint density at radius 2 is 2.40 bits per heavy atom. The number of H-pyrrole nitrogens is 1. The molecule has 2 aromatic heterocycles. The molecule has 0 spiro atoms. The molecule has 0 aliphatic carbocycles. The number of aromatic amines is 1. The maximum absolute atomic E-state index is 12.6. The van der Waals surface area contributed by atoms with E-state index in [1.165, 1.54) is 6.33 Å². The van der Waals surface area contributed by atoms with Crippen LogP contribution in [0.3, 0.4) is 0 Å². The summed E-state index contributed by atoms with van der Waals surface area (Å²) < 4.78 is 11.0. The van der Waals surface area contributed by atoms with Crippen molar-refractivity contribution in [2.75, 3.05) is 31.7 Å². The summed E-state index contributed by atoms with van der Waals surface area (Å²) in [5.41, 5.74) is 0.607. The van der Waals surface area contributed by atoms with Crippen LogP contribution in [0.2, 0.25) is 0 Å². The number of rotatable bonds is 6. The zero-order valence-corrected chi connectivity index (χ0v) is 14.1. The number of morpholine rings is 1. The van der Waals surface area contributed by atoms with Gasteiger partial charge in [-0.3, -0.25) is 5.10 Å². The van der Waals surface area contributed by atoms with Gasteiger partial charge in [0.2, 0.25) is 5.88 Å². The number of unbranched alkanes of at least 4 members (excludes halogenated alkanes) is 1. The lowest BCUT2D eigenvalue weighted by molar-refractivity contribution is 0.0118. The molecule has 2 N–H and O–H groups in total. The molecule has 0 aromatic carbocycles. The third kappa shape index (κ3) is 4.44. The highest BCUT2D eigenvalue weighted by Gasteiger charge is 2.30. The van der Waals surface area contributed by atoms with Crippen LogP contribution in [0, 0.1) is 0 Å². The average Bonchev–Trinajstić information content (AvgIpc) is 3.18. The van der Waals surface area contributed by atoms with E-state index in [9.17, 15) is 4.79 Å². The van der Waals surface area contributed by atoms with E-state index >= 15 is 0 Å². The largest absolute Gasteiger partial charge is 0.478 e. The minimum atomic E-state index is -0.291. The second-order valence-corrected chi connectivity index (χ2v) is 5.67. The predicted molar refractivity (Wildman–Crippen MR) is 90.3 cm³/mol. The summed E-state index contributed by atoms with van der Waals surface area (Å²) in [6.07, 6.45) is 5.06. The lowest BCUT2D eigenvalue weighted by Gasteiger charge is -2.34. The number of amides is 2. The molecule has 2 amide bonds. The molecular weight excluding hydrogens is 324 g/mol. The average molecular weight is 346 g/mol. The number of hydrogen-bond donors (Lipinski definition) is 2. The van der Waals surface area contributed by atoms with E-state index in [0.29, 0.717) is 43.8 Å². The Balaban J connectivity index is 1.60. The van der Waals surface area contributed by atoms with Gasteiger partial charge >= 0.3 is 6.03 Å². The molecule has 0 radical (unpaired) electrons. The van der Waals surface area contributed by atoms with Gasteiger partial charge in [-0.05, 0) is 12.5 Å². The van der Waals surface area contributed by atoms with Gasteiger partial charge < -0.3 is 19.7 Å². The van der Waals surface area contributed by atoms with Crippen LogP contribution in [0.1, 0.15) is 31.6 Å². The van der Waals surface area contributed by atoms with Gasteiger partial charge in [-0.2, -0.15) is 5.10 Å². The smallest absolute Gasteiger partial charge is 0.322 e. The van der Waals surface area contributed by atoms with Gasteiger partial charge in [-0.15, -0.1) is 0 Å². The third-order valence-electron chi connectivity index (χ3n) is 3.87. The van der Waals surface area contributed by atoms with E-state index in [4.69, 9.17) is 9.47 Å². The standard InChI is InChI=1S/C16H22N6O3/c1-2-3-7-25-14-5-4-12(9-17-14)20-16(23)22-6-8-24-10-13(22)15-18-11-19-21-15/h4-5,9,11,13H,2-3,6-8,10H2,1H3,(H,20,23)(H,18,19,21)/t13-/m0/s1. The van der Waals surface area contributed by atoms with E-state index < -0.39 is 0 Å². The van der Waals surface area contributed by atoms with Crippen LogP contribution in [0.4, 0.5) is 10.5 Å². The summed E-state index contributed by atoms with van der Waals surface area (Å²) in [5, 5.41) is 9.49. The third-order valence-corrected chi connectivity index (χ3v) is 3.87. The van der Waals surface area contributed by atoms with Crippen molar-refractivity contribution in [3.63, 3.8) is 0 Å². The molecule has 0 saturated carbocycles. The number of nitrogens with one attached hydrogen (secondary N) is 2. The Morgan fingerprint density at radius 3 is 3.12 bits per heavy atom. The fraction of sp³-hybridized carbons (Fsp3) is 0.500. The minimum absolute atomic E-state index is 0.230. The molecule has 25 heavy (non-hydrogen) atoms. The Labute approximate surface area is 145 Å². The molecule has 2 aromatic rings. The number of carbonyl (C=O) groups excluding carboxylic acids is 1.